The van der Waals surface area contributed by atoms with Gasteiger partial charge in [0.25, 0.3) is 5.91 Å². The van der Waals surface area contributed by atoms with Gasteiger partial charge < -0.3 is 9.88 Å². The van der Waals surface area contributed by atoms with Gasteiger partial charge >= 0.3 is 0 Å². The van der Waals surface area contributed by atoms with Crippen LogP contribution in [0.4, 0.5) is 0 Å². The average Bonchev–Trinajstić information content (AvgIpc) is 3.58. The second-order valence-corrected chi connectivity index (χ2v) is 8.23. The Labute approximate surface area is 162 Å². The van der Waals surface area contributed by atoms with E-state index in [1.807, 2.05) is 0 Å². The second kappa shape index (κ2) is 7.63. The summed E-state index contributed by atoms with van der Waals surface area (Å²) in [6, 6.07) is 0. The van der Waals surface area contributed by atoms with Gasteiger partial charge in [-0.1, -0.05) is 13.8 Å². The molecule has 0 radical (unpaired) electrons. The van der Waals surface area contributed by atoms with Crippen LogP contribution in [0.5, 0.6) is 0 Å². The monoisotopic (exact) mass is 368 g/mol. The van der Waals surface area contributed by atoms with Crippen molar-refractivity contribution in [2.75, 3.05) is 19.6 Å². The number of amides is 1. The molecule has 0 bridgehead atoms. The lowest BCUT2D eigenvalue weighted by molar-refractivity contribution is -0.116. The zero-order valence-corrected chi connectivity index (χ0v) is 16.9. The maximum Gasteiger partial charge on any atom is 0.273 e. The van der Waals surface area contributed by atoms with E-state index in [4.69, 9.17) is 0 Å². The zero-order chi connectivity index (χ0) is 19.0. The van der Waals surface area contributed by atoms with E-state index in [1.165, 1.54) is 36.1 Å². The first-order chi connectivity index (χ1) is 13.1. The van der Waals surface area contributed by atoms with Gasteiger partial charge in [-0.15, -0.1) is 0 Å². The molecule has 0 unspecified atom stereocenters. The third-order valence-electron chi connectivity index (χ3n) is 6.22. The molecule has 2 fully saturated rings. The molecule has 1 aromatic heterocycles. The number of aryl methyl sites for hydroxylation is 1. The number of carbonyl (C=O) groups is 1. The summed E-state index contributed by atoms with van der Waals surface area (Å²) in [4.78, 5) is 18.4. The van der Waals surface area contributed by atoms with Crippen molar-refractivity contribution < 1.29 is 4.79 Å². The first-order valence-electron chi connectivity index (χ1n) is 10.7. The highest BCUT2D eigenvalue weighted by atomic mass is 16.2. The summed E-state index contributed by atoms with van der Waals surface area (Å²) in [7, 11) is 0. The minimum absolute atomic E-state index is 0.0472. The molecule has 0 saturated heterocycles. The molecule has 2 aliphatic carbocycles. The summed E-state index contributed by atoms with van der Waals surface area (Å²) < 4.78 is 0. The minimum atomic E-state index is -0.0472. The molecule has 2 saturated carbocycles. The third-order valence-corrected chi connectivity index (χ3v) is 6.22. The maximum absolute atomic E-state index is 12.3. The van der Waals surface area contributed by atoms with Crippen molar-refractivity contribution in [1.82, 2.24) is 15.3 Å². The van der Waals surface area contributed by atoms with E-state index in [0.717, 1.165) is 55.9 Å². The molecule has 4 rings (SSSR count). The molecule has 1 aliphatic heterocycles. The molecule has 0 atom stereocenters. The van der Waals surface area contributed by atoms with Gasteiger partial charge in [0.2, 0.25) is 0 Å². The lowest BCUT2D eigenvalue weighted by Crippen LogP contribution is -2.24. The number of hydrazone groups is 1. The fourth-order valence-corrected chi connectivity index (χ4v) is 4.30. The topological polar surface area (TPSA) is 60.5 Å². The Kier molecular flexibility index (Phi) is 5.22. The molecule has 0 aromatic carbocycles. The first-order valence-corrected chi connectivity index (χ1v) is 10.7. The van der Waals surface area contributed by atoms with E-state index >= 15 is 0 Å². The summed E-state index contributed by atoms with van der Waals surface area (Å²) in [5, 5.41) is 4.29. The number of hydrogen-bond acceptors (Lipinski definition) is 3. The molecule has 0 spiro atoms. The Morgan fingerprint density at radius 2 is 1.85 bits per heavy atom. The average molecular weight is 369 g/mol. The first kappa shape index (κ1) is 18.5. The van der Waals surface area contributed by atoms with Crippen LogP contribution in [-0.2, 0) is 11.2 Å². The molecule has 2 heterocycles. The van der Waals surface area contributed by atoms with E-state index in [0.29, 0.717) is 11.8 Å². The Morgan fingerprint density at radius 1 is 1.15 bits per heavy atom. The van der Waals surface area contributed by atoms with E-state index < -0.39 is 0 Å². The third kappa shape index (κ3) is 3.88. The number of nitrogens with zero attached hydrogens (tertiary/aromatic N) is 2. The fraction of sp³-hybridized carbons (Fsp3) is 0.636. The Balaban J connectivity index is 1.58. The summed E-state index contributed by atoms with van der Waals surface area (Å²) in [6.07, 6.45) is 9.23. The number of hydrogen-bond donors (Lipinski definition) is 2. The lowest BCUT2D eigenvalue weighted by Gasteiger charge is -2.17. The molecular formula is C22H32N4O. The number of H-pyrrole nitrogens is 1. The number of carbonyl (C=O) groups excluding carboxylic acids is 1. The van der Waals surface area contributed by atoms with Crippen molar-refractivity contribution in [2.45, 2.75) is 65.2 Å². The van der Waals surface area contributed by atoms with Gasteiger partial charge in [0.1, 0.15) is 0 Å². The van der Waals surface area contributed by atoms with Crippen molar-refractivity contribution in [3.8, 4) is 0 Å². The van der Waals surface area contributed by atoms with Gasteiger partial charge in [-0.3, -0.25) is 4.79 Å². The number of rotatable bonds is 9. The summed E-state index contributed by atoms with van der Waals surface area (Å²) in [5.74, 6) is 1.09. The molecule has 2 N–H and O–H groups in total. The highest BCUT2D eigenvalue weighted by Crippen LogP contribution is 2.45. The van der Waals surface area contributed by atoms with Gasteiger partial charge in [-0.05, 0) is 88.2 Å². The van der Waals surface area contributed by atoms with E-state index in [2.05, 4.69) is 47.3 Å². The highest BCUT2D eigenvalue weighted by molar-refractivity contribution is 6.28. The maximum atomic E-state index is 12.3. The van der Waals surface area contributed by atoms with Crippen molar-refractivity contribution in [1.29, 1.82) is 0 Å². The Hall–Kier alpha value is -1.88. The van der Waals surface area contributed by atoms with E-state index in [9.17, 15) is 4.79 Å². The van der Waals surface area contributed by atoms with Crippen LogP contribution in [0.25, 0.3) is 6.08 Å². The Morgan fingerprint density at radius 3 is 2.48 bits per heavy atom. The van der Waals surface area contributed by atoms with Crippen LogP contribution in [0, 0.1) is 12.8 Å². The molecule has 1 aromatic rings. The minimum Gasteiger partial charge on any atom is -0.359 e. The standard InChI is InChI=1S/C22H32N4O/c1-4-26(5-2)12-6-7-17-14(3)23-19(20(17)15-8-9-15)13-18-21(16-10-11-16)24-25-22(18)27/h13,15-16,23H,4-12H2,1-3H3,(H,25,27)/b18-13+. The predicted molar refractivity (Wildman–Crippen MR) is 110 cm³/mol. The summed E-state index contributed by atoms with van der Waals surface area (Å²) in [5.41, 5.74) is 9.78. The zero-order valence-electron chi connectivity index (χ0n) is 16.9. The van der Waals surface area contributed by atoms with Crippen LogP contribution in [0.3, 0.4) is 0 Å². The molecule has 5 heteroatoms. The number of aromatic amines is 1. The summed E-state index contributed by atoms with van der Waals surface area (Å²) in [6.45, 7) is 10.0. The quantitative estimate of drug-likeness (QED) is 0.652. The smallest absolute Gasteiger partial charge is 0.273 e. The van der Waals surface area contributed by atoms with Crippen LogP contribution in [0.1, 0.15) is 74.4 Å². The van der Waals surface area contributed by atoms with Crippen molar-refractivity contribution in [3.05, 3.63) is 28.1 Å². The van der Waals surface area contributed by atoms with Gasteiger partial charge in [0.05, 0.1) is 11.3 Å². The Bertz CT molecular complexity index is 776. The normalized spacial score (nSPS) is 21.3. The molecule has 27 heavy (non-hydrogen) atoms. The van der Waals surface area contributed by atoms with Crippen LogP contribution in [-0.4, -0.2) is 41.1 Å². The highest BCUT2D eigenvalue weighted by Gasteiger charge is 2.37. The molecule has 1 amide bonds. The molecular weight excluding hydrogens is 336 g/mol. The van der Waals surface area contributed by atoms with Gasteiger partial charge in [-0.2, -0.15) is 5.10 Å². The fourth-order valence-electron chi connectivity index (χ4n) is 4.30. The van der Waals surface area contributed by atoms with Crippen LogP contribution < -0.4 is 5.43 Å². The largest absolute Gasteiger partial charge is 0.359 e. The SMILES string of the molecule is CCN(CC)CCCc1c(C)[nH]c(/C=C2/C(=O)NN=C2C2CC2)c1C1CC1. The number of aromatic nitrogens is 1. The van der Waals surface area contributed by atoms with Gasteiger partial charge in [0, 0.05) is 17.3 Å². The summed E-state index contributed by atoms with van der Waals surface area (Å²) >= 11 is 0. The van der Waals surface area contributed by atoms with Crippen LogP contribution in [0.15, 0.2) is 10.7 Å². The van der Waals surface area contributed by atoms with E-state index in [1.54, 1.807) is 0 Å². The van der Waals surface area contributed by atoms with Crippen LogP contribution >= 0.6 is 0 Å². The lowest BCUT2D eigenvalue weighted by atomic mass is 9.97. The van der Waals surface area contributed by atoms with Gasteiger partial charge in [0.15, 0.2) is 0 Å². The number of nitrogens with one attached hydrogen (secondary N) is 2. The predicted octanol–water partition coefficient (Wildman–Crippen LogP) is 3.75. The van der Waals surface area contributed by atoms with Crippen molar-refractivity contribution >= 4 is 17.7 Å². The van der Waals surface area contributed by atoms with Crippen molar-refractivity contribution in [2.24, 2.45) is 11.0 Å². The second-order valence-electron chi connectivity index (χ2n) is 8.23. The molecule has 5 nitrogen and oxygen atoms in total. The van der Waals surface area contributed by atoms with E-state index in [-0.39, 0.29) is 5.91 Å². The van der Waals surface area contributed by atoms with Gasteiger partial charge in [-0.25, -0.2) is 5.43 Å². The molecule has 146 valence electrons. The van der Waals surface area contributed by atoms with Crippen molar-refractivity contribution in [3.63, 3.8) is 0 Å². The molecule has 3 aliphatic rings. The van der Waals surface area contributed by atoms with Crippen LogP contribution in [0.2, 0.25) is 0 Å².